The lowest BCUT2D eigenvalue weighted by Gasteiger charge is -2.36. The summed E-state index contributed by atoms with van der Waals surface area (Å²) in [6, 6.07) is 19.0. The van der Waals surface area contributed by atoms with Crippen molar-refractivity contribution in [1.29, 1.82) is 0 Å². The van der Waals surface area contributed by atoms with Crippen molar-refractivity contribution in [3.8, 4) is 0 Å². The van der Waals surface area contributed by atoms with Crippen molar-refractivity contribution in [2.45, 2.75) is 6.10 Å². The second-order valence-electron chi connectivity index (χ2n) is 7.66. The third-order valence-electron chi connectivity index (χ3n) is 5.60. The van der Waals surface area contributed by atoms with E-state index in [0.717, 1.165) is 49.5 Å². The number of piperazine rings is 1. The van der Waals surface area contributed by atoms with Gasteiger partial charge in [-0.25, -0.2) is 13.2 Å². The minimum atomic E-state index is -0.387. The molecule has 1 heterocycles. The molecule has 0 N–H and O–H groups in total. The Morgan fingerprint density at radius 2 is 1.10 bits per heavy atom. The number of halogens is 3. The Morgan fingerprint density at radius 1 is 0.645 bits per heavy atom. The van der Waals surface area contributed by atoms with E-state index >= 15 is 0 Å². The van der Waals surface area contributed by atoms with E-state index < -0.39 is 0 Å². The van der Waals surface area contributed by atoms with E-state index in [4.69, 9.17) is 4.74 Å². The van der Waals surface area contributed by atoms with Crippen LogP contribution in [0.5, 0.6) is 0 Å². The van der Waals surface area contributed by atoms with Crippen LogP contribution >= 0.6 is 0 Å². The lowest BCUT2D eigenvalue weighted by atomic mass is 10.0. The number of anilines is 1. The van der Waals surface area contributed by atoms with Gasteiger partial charge in [0.2, 0.25) is 0 Å². The highest BCUT2D eigenvalue weighted by Gasteiger charge is 2.19. The first kappa shape index (κ1) is 21.4. The van der Waals surface area contributed by atoms with E-state index in [0.29, 0.717) is 6.61 Å². The summed E-state index contributed by atoms with van der Waals surface area (Å²) in [6.07, 6.45) is -0.387. The van der Waals surface area contributed by atoms with Crippen molar-refractivity contribution in [3.05, 3.63) is 101 Å². The molecule has 0 bridgehead atoms. The van der Waals surface area contributed by atoms with Gasteiger partial charge in [0, 0.05) is 38.4 Å². The van der Waals surface area contributed by atoms with Crippen LogP contribution in [-0.2, 0) is 4.74 Å². The zero-order valence-corrected chi connectivity index (χ0v) is 17.2. The van der Waals surface area contributed by atoms with Gasteiger partial charge in [0.15, 0.2) is 0 Å². The van der Waals surface area contributed by atoms with Crippen molar-refractivity contribution >= 4 is 5.69 Å². The lowest BCUT2D eigenvalue weighted by Crippen LogP contribution is -2.47. The maximum Gasteiger partial charge on any atom is 0.123 e. The first-order valence-electron chi connectivity index (χ1n) is 10.4. The number of hydrogen-bond acceptors (Lipinski definition) is 3. The molecule has 1 aliphatic heterocycles. The number of benzene rings is 3. The molecule has 3 aromatic carbocycles. The molecule has 0 saturated carbocycles. The molecule has 0 aromatic heterocycles. The number of ether oxygens (including phenoxy) is 1. The fraction of sp³-hybridized carbons (Fsp3) is 0.280. The van der Waals surface area contributed by atoms with Crippen LogP contribution in [0.4, 0.5) is 18.9 Å². The van der Waals surface area contributed by atoms with Crippen molar-refractivity contribution in [3.63, 3.8) is 0 Å². The van der Waals surface area contributed by atoms with Gasteiger partial charge in [-0.05, 0) is 59.7 Å². The molecule has 3 aromatic rings. The Kier molecular flexibility index (Phi) is 6.89. The number of nitrogens with zero attached hydrogens (tertiary/aromatic N) is 2. The van der Waals surface area contributed by atoms with E-state index in [2.05, 4.69) is 9.80 Å². The molecule has 31 heavy (non-hydrogen) atoms. The van der Waals surface area contributed by atoms with Crippen LogP contribution in [0.2, 0.25) is 0 Å². The summed E-state index contributed by atoms with van der Waals surface area (Å²) in [4.78, 5) is 4.57. The fourth-order valence-electron chi connectivity index (χ4n) is 3.84. The maximum atomic E-state index is 13.4. The van der Waals surface area contributed by atoms with Gasteiger partial charge in [0.1, 0.15) is 23.6 Å². The summed E-state index contributed by atoms with van der Waals surface area (Å²) in [6.45, 7) is 4.76. The molecule has 0 atom stereocenters. The Labute approximate surface area is 180 Å². The molecular formula is C25H25F3N2O. The molecule has 0 amide bonds. The van der Waals surface area contributed by atoms with Crippen LogP contribution in [0, 0.1) is 17.5 Å². The second kappa shape index (κ2) is 9.98. The largest absolute Gasteiger partial charge is 0.369 e. The summed E-state index contributed by atoms with van der Waals surface area (Å²) in [5, 5.41) is 0. The van der Waals surface area contributed by atoms with Crippen LogP contribution in [0.3, 0.4) is 0 Å². The molecule has 6 heteroatoms. The zero-order chi connectivity index (χ0) is 21.6. The molecule has 3 nitrogen and oxygen atoms in total. The molecule has 0 spiro atoms. The van der Waals surface area contributed by atoms with Gasteiger partial charge in [0.05, 0.1) is 6.61 Å². The van der Waals surface area contributed by atoms with Gasteiger partial charge in [-0.15, -0.1) is 0 Å². The van der Waals surface area contributed by atoms with Crippen LogP contribution in [0.1, 0.15) is 17.2 Å². The normalized spacial score (nSPS) is 14.9. The highest BCUT2D eigenvalue weighted by Crippen LogP contribution is 2.26. The van der Waals surface area contributed by atoms with Crippen LogP contribution in [0.15, 0.2) is 72.8 Å². The van der Waals surface area contributed by atoms with Crippen LogP contribution in [0.25, 0.3) is 0 Å². The Balaban J connectivity index is 1.33. The van der Waals surface area contributed by atoms with E-state index in [1.54, 1.807) is 24.3 Å². The van der Waals surface area contributed by atoms with Gasteiger partial charge in [-0.1, -0.05) is 24.3 Å². The second-order valence-corrected chi connectivity index (χ2v) is 7.66. The van der Waals surface area contributed by atoms with Gasteiger partial charge in [0.25, 0.3) is 0 Å². The molecule has 1 saturated heterocycles. The smallest absolute Gasteiger partial charge is 0.123 e. The van der Waals surface area contributed by atoms with E-state index in [-0.39, 0.29) is 23.6 Å². The molecule has 0 unspecified atom stereocenters. The molecule has 162 valence electrons. The Hall–Kier alpha value is -2.83. The van der Waals surface area contributed by atoms with Crippen LogP contribution < -0.4 is 4.90 Å². The fourth-order valence-corrected chi connectivity index (χ4v) is 3.84. The summed E-state index contributed by atoms with van der Waals surface area (Å²) in [7, 11) is 0. The molecule has 4 rings (SSSR count). The zero-order valence-electron chi connectivity index (χ0n) is 17.2. The summed E-state index contributed by atoms with van der Waals surface area (Å²) < 4.78 is 46.0. The SMILES string of the molecule is Fc1ccc(C(OCCN2CCN(c3ccc(F)cc3)CC2)c2ccc(F)cc2)cc1. The first-order chi connectivity index (χ1) is 15.1. The summed E-state index contributed by atoms with van der Waals surface area (Å²) >= 11 is 0. The van der Waals surface area contributed by atoms with Crippen molar-refractivity contribution in [2.24, 2.45) is 0 Å². The van der Waals surface area contributed by atoms with Crippen molar-refractivity contribution < 1.29 is 17.9 Å². The highest BCUT2D eigenvalue weighted by molar-refractivity contribution is 5.46. The minimum absolute atomic E-state index is 0.226. The first-order valence-corrected chi connectivity index (χ1v) is 10.4. The van der Waals surface area contributed by atoms with E-state index in [1.165, 1.54) is 36.4 Å². The molecule has 0 radical (unpaired) electrons. The van der Waals surface area contributed by atoms with Crippen molar-refractivity contribution in [1.82, 2.24) is 4.90 Å². The van der Waals surface area contributed by atoms with E-state index in [9.17, 15) is 13.2 Å². The maximum absolute atomic E-state index is 13.4. The summed E-state index contributed by atoms with van der Waals surface area (Å²) in [5.41, 5.74) is 2.69. The van der Waals surface area contributed by atoms with Gasteiger partial charge < -0.3 is 9.64 Å². The van der Waals surface area contributed by atoms with Crippen molar-refractivity contribution in [2.75, 3.05) is 44.2 Å². The Bertz CT molecular complexity index is 908. The molecular weight excluding hydrogens is 401 g/mol. The third kappa shape index (κ3) is 5.66. The third-order valence-corrected chi connectivity index (χ3v) is 5.60. The van der Waals surface area contributed by atoms with E-state index in [1.807, 2.05) is 12.1 Å². The van der Waals surface area contributed by atoms with Gasteiger partial charge in [-0.2, -0.15) is 0 Å². The topological polar surface area (TPSA) is 15.7 Å². The highest BCUT2D eigenvalue weighted by atomic mass is 19.1. The molecule has 1 fully saturated rings. The summed E-state index contributed by atoms with van der Waals surface area (Å²) in [5.74, 6) is -0.835. The Morgan fingerprint density at radius 3 is 1.58 bits per heavy atom. The average molecular weight is 426 g/mol. The minimum Gasteiger partial charge on any atom is -0.369 e. The lowest BCUT2D eigenvalue weighted by molar-refractivity contribution is 0.0586. The average Bonchev–Trinajstić information content (AvgIpc) is 2.79. The number of hydrogen-bond donors (Lipinski definition) is 0. The van der Waals surface area contributed by atoms with Crippen LogP contribution in [-0.4, -0.2) is 44.2 Å². The number of rotatable bonds is 7. The predicted molar refractivity (Wildman–Crippen MR) is 116 cm³/mol. The monoisotopic (exact) mass is 426 g/mol. The molecule has 0 aliphatic carbocycles. The standard InChI is InChI=1S/C25H25F3N2O/c26-21-5-1-19(2-6-21)25(20-3-7-22(27)8-4-20)31-18-17-29-13-15-30(16-14-29)24-11-9-23(28)10-12-24/h1-12,25H,13-18H2. The predicted octanol–water partition coefficient (Wildman–Crippen LogP) is 5.03. The molecule has 1 aliphatic rings. The van der Waals surface area contributed by atoms with Gasteiger partial charge >= 0.3 is 0 Å². The quantitative estimate of drug-likeness (QED) is 0.527. The van der Waals surface area contributed by atoms with Gasteiger partial charge in [-0.3, -0.25) is 4.90 Å².